The van der Waals surface area contributed by atoms with E-state index in [0.717, 1.165) is 6.42 Å². The van der Waals surface area contributed by atoms with Crippen LogP contribution in [-0.4, -0.2) is 24.4 Å². The number of benzene rings is 1. The highest BCUT2D eigenvalue weighted by Crippen LogP contribution is 2.32. The van der Waals surface area contributed by atoms with Crippen molar-refractivity contribution in [1.29, 1.82) is 0 Å². The molecule has 1 aromatic rings. The Kier molecular flexibility index (Phi) is 6.27. The summed E-state index contributed by atoms with van der Waals surface area (Å²) in [6.45, 7) is 8.73. The lowest BCUT2D eigenvalue weighted by Gasteiger charge is -2.32. The van der Waals surface area contributed by atoms with Crippen molar-refractivity contribution in [2.24, 2.45) is 5.41 Å². The zero-order valence-electron chi connectivity index (χ0n) is 13.4. The lowest BCUT2D eigenvalue weighted by molar-refractivity contribution is 0.235. The van der Waals surface area contributed by atoms with E-state index in [0.29, 0.717) is 24.4 Å². The van der Waals surface area contributed by atoms with Crippen molar-refractivity contribution in [3.63, 3.8) is 0 Å². The van der Waals surface area contributed by atoms with Crippen LogP contribution in [0.2, 0.25) is 0 Å². The van der Waals surface area contributed by atoms with E-state index in [2.05, 4.69) is 26.1 Å². The number of halogens is 1. The summed E-state index contributed by atoms with van der Waals surface area (Å²) in [6.07, 6.45) is 1.40. The molecule has 0 saturated heterocycles. The largest absolute Gasteiger partial charge is 0.490 e. The van der Waals surface area contributed by atoms with Gasteiger partial charge in [-0.15, -0.1) is 0 Å². The van der Waals surface area contributed by atoms with Gasteiger partial charge in [-0.05, 0) is 18.3 Å². The minimum Gasteiger partial charge on any atom is -0.490 e. The van der Waals surface area contributed by atoms with Crippen molar-refractivity contribution in [2.45, 2.75) is 46.6 Å². The van der Waals surface area contributed by atoms with E-state index in [1.165, 1.54) is 6.07 Å². The maximum atomic E-state index is 13.8. The number of nitrogens with one attached hydrogen (secondary N) is 1. The molecule has 0 radical (unpaired) electrons. The molecule has 1 aromatic carbocycles. The summed E-state index contributed by atoms with van der Waals surface area (Å²) < 4.78 is 19.2. The van der Waals surface area contributed by atoms with Gasteiger partial charge in [-0.1, -0.05) is 27.7 Å². The van der Waals surface area contributed by atoms with Crippen LogP contribution in [0.1, 0.15) is 40.5 Å². The van der Waals surface area contributed by atoms with Gasteiger partial charge < -0.3 is 20.9 Å². The Hall–Kier alpha value is -1.49. The summed E-state index contributed by atoms with van der Waals surface area (Å²) in [5.74, 6) is -0.258. The number of ether oxygens (including phenoxy) is 1. The second-order valence-corrected chi connectivity index (χ2v) is 6.29. The molecule has 5 heteroatoms. The molecule has 4 nitrogen and oxygen atoms in total. The van der Waals surface area contributed by atoms with Crippen molar-refractivity contribution in [3.8, 4) is 5.75 Å². The summed E-state index contributed by atoms with van der Waals surface area (Å²) in [5.41, 5.74) is 6.80. The number of aliphatic hydroxyl groups excluding tert-OH is 1. The van der Waals surface area contributed by atoms with Gasteiger partial charge in [0.2, 0.25) is 0 Å². The first-order valence-electron chi connectivity index (χ1n) is 7.38. The summed E-state index contributed by atoms with van der Waals surface area (Å²) in [6, 6.07) is 2.89. The second kappa shape index (κ2) is 7.50. The predicted octanol–water partition coefficient (Wildman–Crippen LogP) is 3.41. The highest BCUT2D eigenvalue weighted by molar-refractivity contribution is 5.69. The minimum absolute atomic E-state index is 0.0225. The van der Waals surface area contributed by atoms with Gasteiger partial charge in [0.25, 0.3) is 0 Å². The van der Waals surface area contributed by atoms with Gasteiger partial charge in [-0.25, -0.2) is 4.39 Å². The lowest BCUT2D eigenvalue weighted by Crippen LogP contribution is -2.35. The van der Waals surface area contributed by atoms with Gasteiger partial charge in [0.1, 0.15) is 0 Å². The number of rotatable bonds is 7. The van der Waals surface area contributed by atoms with Crippen LogP contribution in [0, 0.1) is 11.2 Å². The average molecular weight is 298 g/mol. The van der Waals surface area contributed by atoms with Gasteiger partial charge in [-0.2, -0.15) is 0 Å². The predicted molar refractivity (Wildman–Crippen MR) is 85.2 cm³/mol. The van der Waals surface area contributed by atoms with E-state index < -0.39 is 5.82 Å². The molecule has 0 aliphatic carbocycles. The fourth-order valence-electron chi connectivity index (χ4n) is 2.05. The molecule has 0 aliphatic rings. The number of anilines is 2. The molecule has 0 fully saturated rings. The third kappa shape index (κ3) is 5.08. The number of nitrogen functional groups attached to an aromatic ring is 1. The van der Waals surface area contributed by atoms with Gasteiger partial charge >= 0.3 is 0 Å². The molecular formula is C16H27FN2O2. The molecular weight excluding hydrogens is 271 g/mol. The monoisotopic (exact) mass is 298 g/mol. The Morgan fingerprint density at radius 3 is 2.57 bits per heavy atom. The molecule has 0 spiro atoms. The van der Waals surface area contributed by atoms with Crippen molar-refractivity contribution >= 4 is 11.4 Å². The molecule has 0 saturated carbocycles. The molecule has 1 rings (SSSR count). The maximum absolute atomic E-state index is 13.8. The molecule has 1 atom stereocenters. The number of nitrogens with two attached hydrogens (primary N) is 1. The standard InChI is InChI=1S/C16H27FN2O2/c1-5-8-21-14-10-13(12(18)9-11(14)17)19-15(6-7-20)16(2,3)4/h9-10,15,19-20H,5-8,18H2,1-4H3. The van der Waals surface area contributed by atoms with E-state index in [1.54, 1.807) is 6.07 Å². The van der Waals surface area contributed by atoms with Crippen molar-refractivity contribution in [2.75, 3.05) is 24.3 Å². The number of hydrogen-bond acceptors (Lipinski definition) is 4. The molecule has 21 heavy (non-hydrogen) atoms. The fourth-order valence-corrected chi connectivity index (χ4v) is 2.05. The molecule has 1 unspecified atom stereocenters. The number of aliphatic hydroxyl groups is 1. The first-order valence-corrected chi connectivity index (χ1v) is 7.38. The van der Waals surface area contributed by atoms with Crippen LogP contribution in [0.25, 0.3) is 0 Å². The zero-order valence-corrected chi connectivity index (χ0v) is 13.4. The highest BCUT2D eigenvalue weighted by atomic mass is 19.1. The topological polar surface area (TPSA) is 67.5 Å². The summed E-state index contributed by atoms with van der Waals surface area (Å²) >= 11 is 0. The molecule has 0 aromatic heterocycles. The normalized spacial score (nSPS) is 13.0. The molecule has 0 amide bonds. The second-order valence-electron chi connectivity index (χ2n) is 6.29. The molecule has 4 N–H and O–H groups in total. The zero-order chi connectivity index (χ0) is 16.0. The Morgan fingerprint density at radius 2 is 2.05 bits per heavy atom. The fraction of sp³-hybridized carbons (Fsp3) is 0.625. The van der Waals surface area contributed by atoms with Gasteiger partial charge in [0, 0.05) is 24.8 Å². The first-order chi connectivity index (χ1) is 9.79. The SMILES string of the molecule is CCCOc1cc(NC(CCO)C(C)(C)C)c(N)cc1F. The van der Waals surface area contributed by atoms with Gasteiger partial charge in [0.05, 0.1) is 18.0 Å². The molecule has 0 heterocycles. The van der Waals surface area contributed by atoms with Crippen LogP contribution in [0.5, 0.6) is 5.75 Å². The summed E-state index contributed by atoms with van der Waals surface area (Å²) in [5, 5.41) is 12.5. The van der Waals surface area contributed by atoms with Gasteiger partial charge in [-0.3, -0.25) is 0 Å². The van der Waals surface area contributed by atoms with Gasteiger partial charge in [0.15, 0.2) is 11.6 Å². The summed E-state index contributed by atoms with van der Waals surface area (Å²) in [4.78, 5) is 0. The van der Waals surface area contributed by atoms with Crippen LogP contribution in [0.15, 0.2) is 12.1 Å². The van der Waals surface area contributed by atoms with Crippen molar-refractivity contribution in [1.82, 2.24) is 0 Å². The Bertz CT molecular complexity index is 458. The average Bonchev–Trinajstić information content (AvgIpc) is 2.38. The van der Waals surface area contributed by atoms with Crippen LogP contribution < -0.4 is 15.8 Å². The summed E-state index contributed by atoms with van der Waals surface area (Å²) in [7, 11) is 0. The Morgan fingerprint density at radius 1 is 1.38 bits per heavy atom. The first kappa shape index (κ1) is 17.6. The third-order valence-electron chi connectivity index (χ3n) is 3.36. The van der Waals surface area contributed by atoms with E-state index in [9.17, 15) is 9.50 Å². The molecule has 0 bridgehead atoms. The highest BCUT2D eigenvalue weighted by Gasteiger charge is 2.25. The molecule has 120 valence electrons. The van der Waals surface area contributed by atoms with E-state index >= 15 is 0 Å². The Labute approximate surface area is 126 Å². The van der Waals surface area contributed by atoms with Crippen LogP contribution >= 0.6 is 0 Å². The minimum atomic E-state index is -0.457. The van der Waals surface area contributed by atoms with Crippen molar-refractivity contribution in [3.05, 3.63) is 17.9 Å². The van der Waals surface area contributed by atoms with Crippen LogP contribution in [-0.2, 0) is 0 Å². The third-order valence-corrected chi connectivity index (χ3v) is 3.36. The smallest absolute Gasteiger partial charge is 0.167 e. The Balaban J connectivity index is 3.00. The van der Waals surface area contributed by atoms with E-state index in [-0.39, 0.29) is 23.8 Å². The molecule has 0 aliphatic heterocycles. The maximum Gasteiger partial charge on any atom is 0.167 e. The van der Waals surface area contributed by atoms with Crippen LogP contribution in [0.4, 0.5) is 15.8 Å². The lowest BCUT2D eigenvalue weighted by atomic mass is 9.84. The quantitative estimate of drug-likeness (QED) is 0.675. The van der Waals surface area contributed by atoms with Crippen molar-refractivity contribution < 1.29 is 14.2 Å². The number of hydrogen-bond donors (Lipinski definition) is 3. The van der Waals surface area contributed by atoms with Crippen LogP contribution in [0.3, 0.4) is 0 Å². The van der Waals surface area contributed by atoms with E-state index in [1.807, 2.05) is 6.92 Å². The van der Waals surface area contributed by atoms with E-state index in [4.69, 9.17) is 10.5 Å².